The van der Waals surface area contributed by atoms with E-state index >= 15 is 0 Å². The van der Waals surface area contributed by atoms with E-state index in [0.29, 0.717) is 24.2 Å². The standard InChI is InChI=1S/C16H25N3O2.ClH/c20-16(14-11-15(21-19-14)12-7-8-12)18-10-9-17-13-5-3-1-2-4-6-13;/h11-13,17H,1-10H2,(H,18,20);1H. The Labute approximate surface area is 138 Å². The fourth-order valence-electron chi connectivity index (χ4n) is 2.98. The van der Waals surface area contributed by atoms with Crippen LogP contribution in [0.2, 0.25) is 0 Å². The van der Waals surface area contributed by atoms with Crippen molar-refractivity contribution in [1.29, 1.82) is 0 Å². The molecular weight excluding hydrogens is 302 g/mol. The zero-order valence-corrected chi connectivity index (χ0v) is 13.8. The Bertz CT molecular complexity index is 466. The number of amides is 1. The van der Waals surface area contributed by atoms with Gasteiger partial charge in [0.25, 0.3) is 5.91 Å². The van der Waals surface area contributed by atoms with Crippen LogP contribution in [0, 0.1) is 0 Å². The largest absolute Gasteiger partial charge is 0.360 e. The first-order valence-corrected chi connectivity index (χ1v) is 8.31. The molecule has 1 aromatic rings. The molecule has 0 aliphatic heterocycles. The van der Waals surface area contributed by atoms with E-state index in [1.807, 2.05) is 0 Å². The summed E-state index contributed by atoms with van der Waals surface area (Å²) in [6, 6.07) is 2.41. The first kappa shape index (κ1) is 17.3. The van der Waals surface area contributed by atoms with E-state index in [2.05, 4.69) is 15.8 Å². The van der Waals surface area contributed by atoms with Crippen molar-refractivity contribution in [3.8, 4) is 0 Å². The van der Waals surface area contributed by atoms with Gasteiger partial charge in [0.2, 0.25) is 0 Å². The van der Waals surface area contributed by atoms with Crippen molar-refractivity contribution in [3.63, 3.8) is 0 Å². The van der Waals surface area contributed by atoms with Crippen LogP contribution < -0.4 is 10.6 Å². The zero-order chi connectivity index (χ0) is 14.5. The van der Waals surface area contributed by atoms with Crippen molar-refractivity contribution < 1.29 is 9.32 Å². The van der Waals surface area contributed by atoms with Crippen LogP contribution in [-0.4, -0.2) is 30.2 Å². The summed E-state index contributed by atoms with van der Waals surface area (Å²) in [6.45, 7) is 1.46. The Kier molecular flexibility index (Phi) is 6.70. The number of carbonyl (C=O) groups excluding carboxylic acids is 1. The second kappa shape index (κ2) is 8.53. The number of rotatable bonds is 6. The average Bonchev–Trinajstić information content (AvgIpc) is 3.28. The van der Waals surface area contributed by atoms with Crippen LogP contribution in [0.1, 0.15) is 73.5 Å². The number of hydrogen-bond donors (Lipinski definition) is 2. The van der Waals surface area contributed by atoms with E-state index in [9.17, 15) is 4.79 Å². The van der Waals surface area contributed by atoms with Crippen molar-refractivity contribution in [3.05, 3.63) is 17.5 Å². The smallest absolute Gasteiger partial charge is 0.273 e. The molecule has 2 saturated carbocycles. The molecular formula is C16H26ClN3O2. The lowest BCUT2D eigenvalue weighted by atomic mass is 10.1. The second-order valence-corrected chi connectivity index (χ2v) is 6.29. The van der Waals surface area contributed by atoms with E-state index in [1.54, 1.807) is 6.07 Å². The summed E-state index contributed by atoms with van der Waals surface area (Å²) in [6.07, 6.45) is 10.2. The normalized spacial score (nSPS) is 19.3. The first-order chi connectivity index (χ1) is 10.3. The van der Waals surface area contributed by atoms with E-state index in [-0.39, 0.29) is 18.3 Å². The molecule has 0 bridgehead atoms. The predicted molar refractivity (Wildman–Crippen MR) is 87.6 cm³/mol. The van der Waals surface area contributed by atoms with Crippen LogP contribution in [0.25, 0.3) is 0 Å². The van der Waals surface area contributed by atoms with Crippen LogP contribution in [0.4, 0.5) is 0 Å². The third-order valence-electron chi connectivity index (χ3n) is 4.44. The lowest BCUT2D eigenvalue weighted by Gasteiger charge is -2.16. The maximum atomic E-state index is 11.9. The number of nitrogens with one attached hydrogen (secondary N) is 2. The minimum absolute atomic E-state index is 0. The third-order valence-corrected chi connectivity index (χ3v) is 4.44. The van der Waals surface area contributed by atoms with Gasteiger partial charge in [0, 0.05) is 31.1 Å². The van der Waals surface area contributed by atoms with Gasteiger partial charge in [-0.25, -0.2) is 0 Å². The minimum atomic E-state index is -0.131. The molecule has 0 radical (unpaired) electrons. The molecule has 0 saturated heterocycles. The number of hydrogen-bond acceptors (Lipinski definition) is 4. The first-order valence-electron chi connectivity index (χ1n) is 8.31. The topological polar surface area (TPSA) is 67.2 Å². The number of nitrogens with zero attached hydrogens (tertiary/aromatic N) is 1. The summed E-state index contributed by atoms with van der Waals surface area (Å²) in [5.41, 5.74) is 0.409. The van der Waals surface area contributed by atoms with E-state index in [0.717, 1.165) is 25.1 Å². The maximum absolute atomic E-state index is 11.9. The summed E-state index contributed by atoms with van der Waals surface area (Å²) >= 11 is 0. The van der Waals surface area contributed by atoms with Gasteiger partial charge in [-0.05, 0) is 25.7 Å². The Hall–Kier alpha value is -1.07. The molecule has 1 amide bonds. The molecule has 0 atom stereocenters. The molecule has 2 aliphatic rings. The van der Waals surface area contributed by atoms with Gasteiger partial charge in [0.05, 0.1) is 0 Å². The monoisotopic (exact) mass is 327 g/mol. The Morgan fingerprint density at radius 2 is 1.86 bits per heavy atom. The van der Waals surface area contributed by atoms with E-state index in [4.69, 9.17) is 4.52 Å². The van der Waals surface area contributed by atoms with Gasteiger partial charge < -0.3 is 15.2 Å². The minimum Gasteiger partial charge on any atom is -0.360 e. The van der Waals surface area contributed by atoms with Gasteiger partial charge in [-0.15, -0.1) is 12.4 Å². The van der Waals surface area contributed by atoms with Crippen molar-refractivity contribution in [2.45, 2.75) is 63.3 Å². The molecule has 1 aromatic heterocycles. The highest BCUT2D eigenvalue weighted by Gasteiger charge is 2.28. The SMILES string of the molecule is Cl.O=C(NCCNC1CCCCCC1)c1cc(C2CC2)on1. The van der Waals surface area contributed by atoms with Crippen LogP contribution in [0.3, 0.4) is 0 Å². The lowest BCUT2D eigenvalue weighted by molar-refractivity contribution is 0.0944. The molecule has 2 aliphatic carbocycles. The summed E-state index contributed by atoms with van der Waals surface area (Å²) in [5.74, 6) is 1.22. The molecule has 2 N–H and O–H groups in total. The molecule has 3 rings (SSSR count). The molecule has 5 nitrogen and oxygen atoms in total. The Morgan fingerprint density at radius 1 is 1.14 bits per heavy atom. The van der Waals surface area contributed by atoms with Crippen LogP contribution in [0.15, 0.2) is 10.6 Å². The van der Waals surface area contributed by atoms with E-state index in [1.165, 1.54) is 38.5 Å². The van der Waals surface area contributed by atoms with Gasteiger partial charge >= 0.3 is 0 Å². The molecule has 6 heteroatoms. The molecule has 0 aromatic carbocycles. The van der Waals surface area contributed by atoms with Gasteiger partial charge in [0.15, 0.2) is 5.69 Å². The van der Waals surface area contributed by atoms with Crippen LogP contribution in [-0.2, 0) is 0 Å². The maximum Gasteiger partial charge on any atom is 0.273 e. The highest BCUT2D eigenvalue weighted by Crippen LogP contribution is 2.40. The van der Waals surface area contributed by atoms with Crippen molar-refractivity contribution in [2.24, 2.45) is 0 Å². The van der Waals surface area contributed by atoms with Gasteiger partial charge in [-0.1, -0.05) is 30.8 Å². The lowest BCUT2D eigenvalue weighted by Crippen LogP contribution is -2.36. The molecule has 1 heterocycles. The molecule has 22 heavy (non-hydrogen) atoms. The predicted octanol–water partition coefficient (Wildman–Crippen LogP) is 3.02. The van der Waals surface area contributed by atoms with Crippen molar-refractivity contribution in [2.75, 3.05) is 13.1 Å². The highest BCUT2D eigenvalue weighted by atomic mass is 35.5. The number of halogens is 1. The van der Waals surface area contributed by atoms with Gasteiger partial charge in [-0.3, -0.25) is 4.79 Å². The summed E-state index contributed by atoms with van der Waals surface area (Å²) in [5, 5.41) is 10.3. The zero-order valence-electron chi connectivity index (χ0n) is 13.0. The molecule has 2 fully saturated rings. The van der Waals surface area contributed by atoms with Gasteiger partial charge in [-0.2, -0.15) is 0 Å². The molecule has 124 valence electrons. The fourth-order valence-corrected chi connectivity index (χ4v) is 2.98. The summed E-state index contributed by atoms with van der Waals surface area (Å²) < 4.78 is 5.20. The average molecular weight is 328 g/mol. The fraction of sp³-hybridized carbons (Fsp3) is 0.750. The summed E-state index contributed by atoms with van der Waals surface area (Å²) in [4.78, 5) is 11.9. The Morgan fingerprint density at radius 3 is 2.55 bits per heavy atom. The number of carbonyl (C=O) groups is 1. The molecule has 0 unspecified atom stereocenters. The van der Waals surface area contributed by atoms with Crippen LogP contribution in [0.5, 0.6) is 0 Å². The second-order valence-electron chi connectivity index (χ2n) is 6.29. The van der Waals surface area contributed by atoms with Crippen molar-refractivity contribution in [1.82, 2.24) is 15.8 Å². The third kappa shape index (κ3) is 4.99. The Balaban J connectivity index is 0.00000176. The number of aromatic nitrogens is 1. The van der Waals surface area contributed by atoms with E-state index < -0.39 is 0 Å². The van der Waals surface area contributed by atoms with Gasteiger partial charge in [0.1, 0.15) is 5.76 Å². The highest BCUT2D eigenvalue weighted by molar-refractivity contribution is 5.92. The van der Waals surface area contributed by atoms with Crippen LogP contribution >= 0.6 is 12.4 Å². The molecule has 0 spiro atoms. The quantitative estimate of drug-likeness (QED) is 0.622. The van der Waals surface area contributed by atoms with Crippen molar-refractivity contribution >= 4 is 18.3 Å². The summed E-state index contributed by atoms with van der Waals surface area (Å²) in [7, 11) is 0.